The lowest BCUT2D eigenvalue weighted by Crippen LogP contribution is -2.45. The SMILES string of the molecule is CC(C)(CCc1ccccc1)NC(=S)Nc1ccccc1. The van der Waals surface area contributed by atoms with Crippen LogP contribution < -0.4 is 10.6 Å². The molecule has 0 bridgehead atoms. The number of hydrogen-bond acceptors (Lipinski definition) is 1. The van der Waals surface area contributed by atoms with E-state index in [1.165, 1.54) is 5.56 Å². The van der Waals surface area contributed by atoms with Crippen molar-refractivity contribution in [3.05, 3.63) is 66.2 Å². The summed E-state index contributed by atoms with van der Waals surface area (Å²) >= 11 is 5.39. The third-order valence-corrected chi connectivity index (χ3v) is 3.57. The Morgan fingerprint density at radius 2 is 1.52 bits per heavy atom. The first-order chi connectivity index (χ1) is 10.1. The number of nitrogens with one attached hydrogen (secondary N) is 2. The van der Waals surface area contributed by atoms with Gasteiger partial charge in [0, 0.05) is 11.2 Å². The number of hydrogen-bond donors (Lipinski definition) is 2. The summed E-state index contributed by atoms with van der Waals surface area (Å²) in [7, 11) is 0. The molecule has 110 valence electrons. The van der Waals surface area contributed by atoms with Crippen LogP contribution in [-0.4, -0.2) is 10.7 Å². The molecular formula is C18H22N2S. The molecule has 0 heterocycles. The quantitative estimate of drug-likeness (QED) is 0.801. The van der Waals surface area contributed by atoms with Crippen molar-refractivity contribution in [2.45, 2.75) is 32.2 Å². The lowest BCUT2D eigenvalue weighted by atomic mass is 9.95. The second-order valence-corrected chi connectivity index (χ2v) is 6.22. The first-order valence-electron chi connectivity index (χ1n) is 7.23. The predicted molar refractivity (Wildman–Crippen MR) is 94.6 cm³/mol. The predicted octanol–water partition coefficient (Wildman–Crippen LogP) is 4.38. The molecule has 2 aromatic carbocycles. The molecule has 0 aliphatic rings. The molecule has 0 spiro atoms. The van der Waals surface area contributed by atoms with Gasteiger partial charge in [0.2, 0.25) is 0 Å². The standard InChI is InChI=1S/C18H22N2S/c1-18(2,14-13-15-9-5-3-6-10-15)20-17(21)19-16-11-7-4-8-12-16/h3-12H,13-14H2,1-2H3,(H2,19,20,21). The number of benzene rings is 2. The smallest absolute Gasteiger partial charge is 0.171 e. The fourth-order valence-corrected chi connectivity index (χ4v) is 2.55. The molecule has 0 saturated heterocycles. The van der Waals surface area contributed by atoms with Crippen LogP contribution in [0.5, 0.6) is 0 Å². The van der Waals surface area contributed by atoms with Crippen LogP contribution in [0.4, 0.5) is 5.69 Å². The van der Waals surface area contributed by atoms with Crippen LogP contribution in [0.2, 0.25) is 0 Å². The van der Waals surface area contributed by atoms with Gasteiger partial charge in [-0.2, -0.15) is 0 Å². The van der Waals surface area contributed by atoms with Crippen molar-refractivity contribution in [2.24, 2.45) is 0 Å². The van der Waals surface area contributed by atoms with Crippen LogP contribution in [0.1, 0.15) is 25.8 Å². The first kappa shape index (κ1) is 15.5. The van der Waals surface area contributed by atoms with Crippen molar-refractivity contribution >= 4 is 23.0 Å². The highest BCUT2D eigenvalue weighted by Crippen LogP contribution is 2.14. The summed E-state index contributed by atoms with van der Waals surface area (Å²) in [5.41, 5.74) is 2.32. The van der Waals surface area contributed by atoms with E-state index in [-0.39, 0.29) is 5.54 Å². The van der Waals surface area contributed by atoms with E-state index in [4.69, 9.17) is 12.2 Å². The average Bonchev–Trinajstić information content (AvgIpc) is 2.47. The molecule has 2 aromatic rings. The second-order valence-electron chi connectivity index (χ2n) is 5.81. The van der Waals surface area contributed by atoms with Gasteiger partial charge in [-0.3, -0.25) is 0 Å². The lowest BCUT2D eigenvalue weighted by molar-refractivity contribution is 0.428. The second kappa shape index (κ2) is 7.23. The van der Waals surface area contributed by atoms with Gasteiger partial charge in [0.15, 0.2) is 5.11 Å². The Hall–Kier alpha value is -1.87. The molecule has 0 saturated carbocycles. The molecule has 0 aliphatic heterocycles. The van der Waals surface area contributed by atoms with Crippen molar-refractivity contribution in [2.75, 3.05) is 5.32 Å². The Bertz CT molecular complexity index is 564. The molecule has 2 N–H and O–H groups in total. The molecule has 0 amide bonds. The summed E-state index contributed by atoms with van der Waals surface area (Å²) in [6.07, 6.45) is 2.06. The molecule has 0 atom stereocenters. The van der Waals surface area contributed by atoms with E-state index in [1.54, 1.807) is 0 Å². The molecule has 3 heteroatoms. The van der Waals surface area contributed by atoms with E-state index in [1.807, 2.05) is 36.4 Å². The highest BCUT2D eigenvalue weighted by Gasteiger charge is 2.18. The van der Waals surface area contributed by atoms with E-state index in [9.17, 15) is 0 Å². The van der Waals surface area contributed by atoms with Crippen molar-refractivity contribution in [1.82, 2.24) is 5.32 Å². The van der Waals surface area contributed by atoms with Crippen molar-refractivity contribution in [1.29, 1.82) is 0 Å². The zero-order valence-electron chi connectivity index (χ0n) is 12.6. The molecular weight excluding hydrogens is 276 g/mol. The highest BCUT2D eigenvalue weighted by atomic mass is 32.1. The lowest BCUT2D eigenvalue weighted by Gasteiger charge is -2.28. The van der Waals surface area contributed by atoms with Gasteiger partial charge in [-0.1, -0.05) is 48.5 Å². The number of aryl methyl sites for hydroxylation is 1. The van der Waals surface area contributed by atoms with E-state index < -0.39 is 0 Å². The van der Waals surface area contributed by atoms with E-state index in [0.717, 1.165) is 18.5 Å². The van der Waals surface area contributed by atoms with Gasteiger partial charge in [0.1, 0.15) is 0 Å². The first-order valence-corrected chi connectivity index (χ1v) is 7.64. The van der Waals surface area contributed by atoms with E-state index >= 15 is 0 Å². The van der Waals surface area contributed by atoms with Gasteiger partial charge in [0.05, 0.1) is 0 Å². The average molecular weight is 298 g/mol. The van der Waals surface area contributed by atoms with Gasteiger partial charge in [-0.05, 0) is 56.6 Å². The van der Waals surface area contributed by atoms with Crippen LogP contribution in [0.3, 0.4) is 0 Å². The molecule has 0 fully saturated rings. The summed E-state index contributed by atoms with van der Waals surface area (Å²) in [5, 5.41) is 7.28. The normalized spacial score (nSPS) is 11.0. The minimum atomic E-state index is -0.0469. The Morgan fingerprint density at radius 3 is 2.14 bits per heavy atom. The molecule has 0 radical (unpaired) electrons. The fourth-order valence-electron chi connectivity index (χ4n) is 2.16. The van der Waals surface area contributed by atoms with E-state index in [2.05, 4.69) is 48.7 Å². The topological polar surface area (TPSA) is 24.1 Å². The molecule has 0 unspecified atom stereocenters. The van der Waals surface area contributed by atoms with Crippen molar-refractivity contribution in [3.8, 4) is 0 Å². The van der Waals surface area contributed by atoms with Crippen LogP contribution in [0, 0.1) is 0 Å². The van der Waals surface area contributed by atoms with Crippen LogP contribution >= 0.6 is 12.2 Å². The van der Waals surface area contributed by atoms with Gasteiger partial charge in [-0.15, -0.1) is 0 Å². The Kier molecular flexibility index (Phi) is 5.34. The molecule has 2 nitrogen and oxygen atoms in total. The number of thiocarbonyl (C=S) groups is 1. The summed E-state index contributed by atoms with van der Waals surface area (Å²) in [6.45, 7) is 4.35. The minimum absolute atomic E-state index is 0.0469. The van der Waals surface area contributed by atoms with Gasteiger partial charge < -0.3 is 10.6 Å². The summed E-state index contributed by atoms with van der Waals surface area (Å²) < 4.78 is 0. The van der Waals surface area contributed by atoms with Crippen molar-refractivity contribution < 1.29 is 0 Å². The maximum Gasteiger partial charge on any atom is 0.171 e. The van der Waals surface area contributed by atoms with Crippen LogP contribution in [0.25, 0.3) is 0 Å². The maximum absolute atomic E-state index is 5.39. The third-order valence-electron chi connectivity index (χ3n) is 3.37. The number of para-hydroxylation sites is 1. The molecule has 2 rings (SSSR count). The zero-order valence-corrected chi connectivity index (χ0v) is 13.4. The highest BCUT2D eigenvalue weighted by molar-refractivity contribution is 7.80. The molecule has 0 aliphatic carbocycles. The fraction of sp³-hybridized carbons (Fsp3) is 0.278. The third kappa shape index (κ3) is 5.56. The molecule has 0 aromatic heterocycles. The van der Waals surface area contributed by atoms with Gasteiger partial charge in [0.25, 0.3) is 0 Å². The Balaban J connectivity index is 1.84. The Labute approximate surface area is 132 Å². The summed E-state index contributed by atoms with van der Waals surface area (Å²) in [5.74, 6) is 0. The summed E-state index contributed by atoms with van der Waals surface area (Å²) in [4.78, 5) is 0. The summed E-state index contributed by atoms with van der Waals surface area (Å²) in [6, 6.07) is 20.5. The maximum atomic E-state index is 5.39. The minimum Gasteiger partial charge on any atom is -0.358 e. The van der Waals surface area contributed by atoms with Crippen LogP contribution in [-0.2, 0) is 6.42 Å². The van der Waals surface area contributed by atoms with E-state index in [0.29, 0.717) is 5.11 Å². The number of rotatable bonds is 5. The van der Waals surface area contributed by atoms with Gasteiger partial charge >= 0.3 is 0 Å². The van der Waals surface area contributed by atoms with Crippen LogP contribution in [0.15, 0.2) is 60.7 Å². The monoisotopic (exact) mass is 298 g/mol. The van der Waals surface area contributed by atoms with Crippen molar-refractivity contribution in [3.63, 3.8) is 0 Å². The largest absolute Gasteiger partial charge is 0.358 e. The van der Waals surface area contributed by atoms with Gasteiger partial charge in [-0.25, -0.2) is 0 Å². The zero-order chi connectivity index (χ0) is 15.1. The molecule has 21 heavy (non-hydrogen) atoms. The Morgan fingerprint density at radius 1 is 0.952 bits per heavy atom. The number of anilines is 1.